The van der Waals surface area contributed by atoms with Crippen LogP contribution in [0.3, 0.4) is 0 Å². The van der Waals surface area contributed by atoms with Crippen molar-refractivity contribution in [3.63, 3.8) is 0 Å². The number of phenols is 1. The number of benzene rings is 2. The Bertz CT molecular complexity index is 830. The van der Waals surface area contributed by atoms with Crippen molar-refractivity contribution in [3.05, 3.63) is 63.1 Å². The van der Waals surface area contributed by atoms with Crippen LogP contribution < -0.4 is 14.9 Å². The highest BCUT2D eigenvalue weighted by atomic mass is 79.9. The number of hydrogen-bond donors (Lipinski definition) is 2. The fourth-order valence-electron chi connectivity index (χ4n) is 1.97. The molecule has 0 saturated heterocycles. The summed E-state index contributed by atoms with van der Waals surface area (Å²) in [6.45, 7) is 3.92. The van der Waals surface area contributed by atoms with E-state index < -0.39 is 5.91 Å². The number of phenolic OH excluding ortho intramolecular Hbond substituents is 1. The summed E-state index contributed by atoms with van der Waals surface area (Å²) in [5.41, 5.74) is 3.50. The Balaban J connectivity index is 2.09. The van der Waals surface area contributed by atoms with Gasteiger partial charge in [0, 0.05) is 5.56 Å². The molecule has 0 radical (unpaired) electrons. The molecule has 136 valence electrons. The maximum absolute atomic E-state index is 12.2. The summed E-state index contributed by atoms with van der Waals surface area (Å²) in [5.74, 6) is 0.657. The lowest BCUT2D eigenvalue weighted by molar-refractivity contribution is 0.0954. The molecule has 0 spiro atoms. The maximum atomic E-state index is 12.2. The van der Waals surface area contributed by atoms with Crippen LogP contribution in [0.4, 0.5) is 0 Å². The molecule has 26 heavy (non-hydrogen) atoms. The van der Waals surface area contributed by atoms with Crippen LogP contribution >= 0.6 is 31.9 Å². The molecule has 0 heterocycles. The van der Waals surface area contributed by atoms with Crippen molar-refractivity contribution >= 4 is 44.0 Å². The number of carbonyl (C=O) groups is 1. The molecule has 2 rings (SSSR count). The van der Waals surface area contributed by atoms with Crippen molar-refractivity contribution in [2.75, 3.05) is 13.7 Å². The third kappa shape index (κ3) is 5.09. The van der Waals surface area contributed by atoms with Crippen LogP contribution in [0.15, 0.2) is 57.0 Å². The van der Waals surface area contributed by atoms with Crippen LogP contribution in [-0.4, -0.2) is 30.9 Å². The van der Waals surface area contributed by atoms with Crippen LogP contribution in [0, 0.1) is 0 Å². The summed E-state index contributed by atoms with van der Waals surface area (Å²) in [4.78, 5) is 12.2. The first-order valence-electron chi connectivity index (χ1n) is 7.39. The Hall–Kier alpha value is -2.32. The zero-order valence-electron chi connectivity index (χ0n) is 13.8. The average Bonchev–Trinajstić information content (AvgIpc) is 2.64. The van der Waals surface area contributed by atoms with E-state index in [1.165, 1.54) is 13.3 Å². The summed E-state index contributed by atoms with van der Waals surface area (Å²) in [5, 5.41) is 13.6. The quantitative estimate of drug-likeness (QED) is 0.350. The molecule has 0 aliphatic carbocycles. The molecular weight excluding hydrogens is 468 g/mol. The fraction of sp³-hybridized carbons (Fsp3) is 0.111. The number of hydrazone groups is 1. The first kappa shape index (κ1) is 20.0. The molecule has 2 N–H and O–H groups in total. The second-order valence-corrected chi connectivity index (χ2v) is 6.71. The summed E-state index contributed by atoms with van der Waals surface area (Å²) in [6, 6.07) is 8.17. The number of ether oxygens (including phenoxy) is 2. The maximum Gasteiger partial charge on any atom is 0.271 e. The Morgan fingerprint density at radius 1 is 1.27 bits per heavy atom. The van der Waals surface area contributed by atoms with Crippen molar-refractivity contribution in [2.45, 2.75) is 0 Å². The first-order valence-corrected chi connectivity index (χ1v) is 8.98. The third-order valence-electron chi connectivity index (χ3n) is 3.20. The summed E-state index contributed by atoms with van der Waals surface area (Å²) in [6.07, 6.45) is 3.08. The van der Waals surface area contributed by atoms with Gasteiger partial charge in [-0.1, -0.05) is 12.7 Å². The van der Waals surface area contributed by atoms with Gasteiger partial charge < -0.3 is 14.6 Å². The molecule has 1 amide bonds. The zero-order chi connectivity index (χ0) is 19.1. The Morgan fingerprint density at radius 3 is 2.58 bits per heavy atom. The number of halogens is 2. The number of carbonyl (C=O) groups excluding carboxylic acids is 1. The van der Waals surface area contributed by atoms with E-state index in [9.17, 15) is 9.90 Å². The highest BCUT2D eigenvalue weighted by Gasteiger charge is 2.11. The molecule has 0 unspecified atom stereocenters. The molecule has 0 aliphatic heterocycles. The van der Waals surface area contributed by atoms with Gasteiger partial charge in [-0.2, -0.15) is 5.10 Å². The lowest BCUT2D eigenvalue weighted by Crippen LogP contribution is -2.17. The predicted octanol–water partition coefficient (Wildman–Crippen LogP) is 4.25. The minimum absolute atomic E-state index is 0.0945. The first-order chi connectivity index (χ1) is 12.5. The van der Waals surface area contributed by atoms with Gasteiger partial charge in [-0.25, -0.2) is 5.43 Å². The molecule has 6 nitrogen and oxygen atoms in total. The van der Waals surface area contributed by atoms with E-state index in [2.05, 4.69) is 49.0 Å². The number of methoxy groups -OCH3 is 1. The highest BCUT2D eigenvalue weighted by Crippen LogP contribution is 2.32. The van der Waals surface area contributed by atoms with Crippen LogP contribution in [0.1, 0.15) is 15.9 Å². The number of hydrogen-bond acceptors (Lipinski definition) is 5. The Morgan fingerprint density at radius 2 is 1.96 bits per heavy atom. The average molecular weight is 484 g/mol. The van der Waals surface area contributed by atoms with Gasteiger partial charge in [-0.3, -0.25) is 4.79 Å². The predicted molar refractivity (Wildman–Crippen MR) is 107 cm³/mol. The smallest absolute Gasteiger partial charge is 0.271 e. The van der Waals surface area contributed by atoms with E-state index in [0.717, 1.165) is 0 Å². The zero-order valence-corrected chi connectivity index (χ0v) is 17.0. The minimum atomic E-state index is -0.397. The largest absolute Gasteiger partial charge is 0.506 e. The van der Waals surface area contributed by atoms with E-state index in [4.69, 9.17) is 9.47 Å². The van der Waals surface area contributed by atoms with Gasteiger partial charge >= 0.3 is 0 Å². The summed E-state index contributed by atoms with van der Waals surface area (Å²) >= 11 is 6.47. The second-order valence-electron chi connectivity index (χ2n) is 5.00. The molecule has 0 aromatic heterocycles. The monoisotopic (exact) mass is 482 g/mol. The molecular formula is C18H16Br2N2O4. The normalized spacial score (nSPS) is 10.6. The minimum Gasteiger partial charge on any atom is -0.506 e. The number of amides is 1. The number of nitrogens with zero attached hydrogens (tertiary/aromatic N) is 1. The van der Waals surface area contributed by atoms with E-state index in [1.54, 1.807) is 36.4 Å². The van der Waals surface area contributed by atoms with Crippen molar-refractivity contribution in [1.29, 1.82) is 0 Å². The van der Waals surface area contributed by atoms with Gasteiger partial charge in [0.1, 0.15) is 12.4 Å². The lowest BCUT2D eigenvalue weighted by atomic mass is 10.2. The molecule has 0 bridgehead atoms. The van der Waals surface area contributed by atoms with Crippen molar-refractivity contribution in [1.82, 2.24) is 5.43 Å². The lowest BCUT2D eigenvalue weighted by Gasteiger charge is -2.10. The molecule has 0 fully saturated rings. The summed E-state index contributed by atoms with van der Waals surface area (Å²) in [7, 11) is 1.50. The van der Waals surface area contributed by atoms with Crippen LogP contribution in [0.5, 0.6) is 17.2 Å². The second kappa shape index (κ2) is 9.40. The number of rotatable bonds is 7. The third-order valence-corrected chi connectivity index (χ3v) is 4.41. The van der Waals surface area contributed by atoms with Crippen LogP contribution in [-0.2, 0) is 0 Å². The van der Waals surface area contributed by atoms with Gasteiger partial charge in [0.2, 0.25) is 0 Å². The number of nitrogens with one attached hydrogen (secondary N) is 1. The molecule has 0 atom stereocenters. The van der Waals surface area contributed by atoms with E-state index >= 15 is 0 Å². The van der Waals surface area contributed by atoms with Gasteiger partial charge in [0.25, 0.3) is 5.91 Å². The van der Waals surface area contributed by atoms with Crippen molar-refractivity contribution < 1.29 is 19.4 Å². The fourth-order valence-corrected chi connectivity index (χ4v) is 3.19. The van der Waals surface area contributed by atoms with Crippen LogP contribution in [0.2, 0.25) is 0 Å². The molecule has 0 saturated carbocycles. The number of aromatic hydroxyl groups is 1. The standard InChI is InChI=1S/C18H16Br2N2O4/c1-3-6-26-15-5-4-12(9-16(15)25-2)18(24)22-21-10-11-7-13(19)17(23)14(20)8-11/h3-5,7-10,23H,1,6H2,2H3,(H,22,24)/b21-10+. The molecule has 8 heteroatoms. The van der Waals surface area contributed by atoms with Gasteiger partial charge in [0.05, 0.1) is 22.3 Å². The van der Waals surface area contributed by atoms with E-state index in [-0.39, 0.29) is 5.75 Å². The SMILES string of the molecule is C=CCOc1ccc(C(=O)N/N=C/c2cc(Br)c(O)c(Br)c2)cc1OC. The van der Waals surface area contributed by atoms with E-state index in [0.29, 0.717) is 38.2 Å². The molecule has 0 aliphatic rings. The van der Waals surface area contributed by atoms with Gasteiger partial charge in [-0.15, -0.1) is 0 Å². The Labute approximate surface area is 167 Å². The topological polar surface area (TPSA) is 80.2 Å². The van der Waals surface area contributed by atoms with Crippen molar-refractivity contribution in [2.24, 2.45) is 5.10 Å². The highest BCUT2D eigenvalue weighted by molar-refractivity contribution is 9.11. The summed E-state index contributed by atoms with van der Waals surface area (Å²) < 4.78 is 11.7. The van der Waals surface area contributed by atoms with E-state index in [1.807, 2.05) is 0 Å². The molecule has 2 aromatic rings. The van der Waals surface area contributed by atoms with Crippen molar-refractivity contribution in [3.8, 4) is 17.2 Å². The van der Waals surface area contributed by atoms with Gasteiger partial charge in [-0.05, 0) is 67.8 Å². The molecule has 2 aromatic carbocycles. The van der Waals surface area contributed by atoms with Crippen LogP contribution in [0.25, 0.3) is 0 Å². The van der Waals surface area contributed by atoms with Gasteiger partial charge in [0.15, 0.2) is 11.5 Å². The Kier molecular flexibility index (Phi) is 7.23.